The first-order chi connectivity index (χ1) is 7.16. The van der Waals surface area contributed by atoms with Gasteiger partial charge in [0.2, 0.25) is 0 Å². The van der Waals surface area contributed by atoms with E-state index in [1.807, 2.05) is 0 Å². The summed E-state index contributed by atoms with van der Waals surface area (Å²) in [7, 11) is 0. The van der Waals surface area contributed by atoms with Crippen LogP contribution in [-0.4, -0.2) is 41.4 Å². The molecular weight excluding hydrogens is 193 g/mol. The van der Waals surface area contributed by atoms with Gasteiger partial charge in [0, 0.05) is 12.0 Å². The predicted octanol–water partition coefficient (Wildman–Crippen LogP) is 1.34. The summed E-state index contributed by atoms with van der Waals surface area (Å²) in [5.41, 5.74) is 0.320. The van der Waals surface area contributed by atoms with Gasteiger partial charge in [-0.3, -0.25) is 4.90 Å². The van der Waals surface area contributed by atoms with Crippen molar-refractivity contribution in [3.8, 4) is 0 Å². The average Bonchev–Trinajstić information content (AvgIpc) is 3.04. The molecule has 2 spiro atoms. The van der Waals surface area contributed by atoms with Gasteiger partial charge in [-0.05, 0) is 44.1 Å². The highest BCUT2D eigenvalue weighted by Gasteiger charge is 2.75. The summed E-state index contributed by atoms with van der Waals surface area (Å²) in [6.07, 6.45) is 4.86. The van der Waals surface area contributed by atoms with E-state index < -0.39 is 6.17 Å². The summed E-state index contributed by atoms with van der Waals surface area (Å²) in [4.78, 5) is 2.42. The first kappa shape index (κ1) is 8.94. The smallest absolute Gasteiger partial charge is 0.108 e. The Morgan fingerprint density at radius 1 is 1.33 bits per heavy atom. The van der Waals surface area contributed by atoms with Gasteiger partial charge in [-0.2, -0.15) is 0 Å². The maximum absolute atomic E-state index is 13.4. The molecule has 3 heteroatoms. The molecular formula is C12H18FNO. The molecule has 1 N–H and O–H groups in total. The fourth-order valence-electron chi connectivity index (χ4n) is 4.51. The van der Waals surface area contributed by atoms with Crippen LogP contribution in [0, 0.1) is 10.8 Å². The van der Waals surface area contributed by atoms with Crippen molar-refractivity contribution in [1.82, 2.24) is 4.90 Å². The second-order valence-electron chi connectivity index (χ2n) is 6.35. The van der Waals surface area contributed by atoms with Crippen molar-refractivity contribution in [1.29, 1.82) is 0 Å². The SMILES string of the molecule is OC[C@]12C[C@@]3(C[C@H]3F)CN1CCC21CC1. The third-order valence-electron chi connectivity index (χ3n) is 5.81. The van der Waals surface area contributed by atoms with Crippen LogP contribution in [-0.2, 0) is 0 Å². The van der Waals surface area contributed by atoms with E-state index in [1.165, 1.54) is 19.3 Å². The lowest BCUT2D eigenvalue weighted by Crippen LogP contribution is -2.47. The number of hydrogen-bond acceptors (Lipinski definition) is 2. The van der Waals surface area contributed by atoms with Crippen LogP contribution >= 0.6 is 0 Å². The molecule has 84 valence electrons. The number of rotatable bonds is 1. The summed E-state index contributed by atoms with van der Waals surface area (Å²) >= 11 is 0. The Labute approximate surface area is 89.4 Å². The van der Waals surface area contributed by atoms with Crippen LogP contribution in [0.15, 0.2) is 0 Å². The molecule has 0 radical (unpaired) electrons. The fourth-order valence-corrected chi connectivity index (χ4v) is 4.51. The van der Waals surface area contributed by atoms with Crippen LogP contribution < -0.4 is 0 Å². The number of aliphatic hydroxyl groups is 1. The fraction of sp³-hybridized carbons (Fsp3) is 1.00. The van der Waals surface area contributed by atoms with E-state index in [2.05, 4.69) is 4.90 Å². The second-order valence-corrected chi connectivity index (χ2v) is 6.35. The molecule has 4 rings (SSSR count). The molecule has 3 atom stereocenters. The third-order valence-corrected chi connectivity index (χ3v) is 5.81. The highest BCUT2D eigenvalue weighted by molar-refractivity contribution is 5.27. The van der Waals surface area contributed by atoms with Crippen LogP contribution in [0.25, 0.3) is 0 Å². The van der Waals surface area contributed by atoms with Crippen LogP contribution in [0.5, 0.6) is 0 Å². The number of halogens is 1. The van der Waals surface area contributed by atoms with E-state index in [1.54, 1.807) is 0 Å². The molecule has 0 aromatic heterocycles. The van der Waals surface area contributed by atoms with Crippen LogP contribution in [0.2, 0.25) is 0 Å². The lowest BCUT2D eigenvalue weighted by atomic mass is 9.78. The van der Waals surface area contributed by atoms with Crippen LogP contribution in [0.1, 0.15) is 32.1 Å². The summed E-state index contributed by atoms with van der Waals surface area (Å²) in [5, 5.41) is 9.78. The first-order valence-electron chi connectivity index (χ1n) is 6.17. The average molecular weight is 211 g/mol. The van der Waals surface area contributed by atoms with Crippen molar-refractivity contribution in [2.45, 2.75) is 43.8 Å². The third kappa shape index (κ3) is 0.815. The van der Waals surface area contributed by atoms with Crippen molar-refractivity contribution >= 4 is 0 Å². The lowest BCUT2D eigenvalue weighted by Gasteiger charge is -2.36. The van der Waals surface area contributed by atoms with E-state index >= 15 is 0 Å². The van der Waals surface area contributed by atoms with E-state index in [9.17, 15) is 9.50 Å². The van der Waals surface area contributed by atoms with Crippen molar-refractivity contribution in [2.24, 2.45) is 10.8 Å². The summed E-state index contributed by atoms with van der Waals surface area (Å²) < 4.78 is 13.4. The molecule has 2 heterocycles. The van der Waals surface area contributed by atoms with E-state index in [0.717, 1.165) is 25.9 Å². The standard InChI is InChI=1S/C12H18FNO/c13-9-5-10(9)6-12(8-15)11(1-2-11)3-4-14(12)7-10/h9,15H,1-8H2/t9-,10+,12+/m1/s1. The Morgan fingerprint density at radius 2 is 2.07 bits per heavy atom. The predicted molar refractivity (Wildman–Crippen MR) is 54.2 cm³/mol. The van der Waals surface area contributed by atoms with Crippen LogP contribution in [0.4, 0.5) is 4.39 Å². The lowest BCUT2D eigenvalue weighted by molar-refractivity contribution is 0.0563. The van der Waals surface area contributed by atoms with Crippen molar-refractivity contribution < 1.29 is 9.50 Å². The van der Waals surface area contributed by atoms with Gasteiger partial charge < -0.3 is 5.11 Å². The quantitative estimate of drug-likeness (QED) is 0.707. The Morgan fingerprint density at radius 3 is 2.60 bits per heavy atom. The number of nitrogens with zero attached hydrogens (tertiary/aromatic N) is 1. The molecule has 0 amide bonds. The van der Waals surface area contributed by atoms with Crippen LogP contribution in [0.3, 0.4) is 0 Å². The largest absolute Gasteiger partial charge is 0.394 e. The van der Waals surface area contributed by atoms with Gasteiger partial charge in [0.1, 0.15) is 6.17 Å². The summed E-state index contributed by atoms with van der Waals surface area (Å²) in [6.45, 7) is 2.26. The second kappa shape index (κ2) is 2.25. The van der Waals surface area contributed by atoms with Gasteiger partial charge in [-0.1, -0.05) is 0 Å². The number of aliphatic hydroxyl groups excluding tert-OH is 1. The van der Waals surface area contributed by atoms with Crippen molar-refractivity contribution in [3.63, 3.8) is 0 Å². The maximum atomic E-state index is 13.4. The minimum atomic E-state index is -0.581. The monoisotopic (exact) mass is 211 g/mol. The molecule has 0 unspecified atom stereocenters. The zero-order chi connectivity index (χ0) is 10.3. The van der Waals surface area contributed by atoms with Gasteiger partial charge in [0.05, 0.1) is 12.1 Å². The van der Waals surface area contributed by atoms with E-state index in [-0.39, 0.29) is 17.6 Å². The molecule has 2 nitrogen and oxygen atoms in total. The number of hydrogen-bond donors (Lipinski definition) is 1. The van der Waals surface area contributed by atoms with Gasteiger partial charge in [0.25, 0.3) is 0 Å². The van der Waals surface area contributed by atoms with Gasteiger partial charge in [-0.25, -0.2) is 4.39 Å². The summed E-state index contributed by atoms with van der Waals surface area (Å²) in [5.74, 6) is 0. The van der Waals surface area contributed by atoms with Crippen molar-refractivity contribution in [3.05, 3.63) is 0 Å². The van der Waals surface area contributed by atoms with E-state index in [0.29, 0.717) is 5.41 Å². The Kier molecular flexibility index (Phi) is 1.34. The molecule has 4 fully saturated rings. The Hall–Kier alpha value is -0.150. The molecule has 0 aromatic carbocycles. The molecule has 2 saturated heterocycles. The topological polar surface area (TPSA) is 23.5 Å². The molecule has 2 aliphatic carbocycles. The van der Waals surface area contributed by atoms with Gasteiger partial charge in [0.15, 0.2) is 0 Å². The minimum absolute atomic E-state index is 0.0200. The highest BCUT2D eigenvalue weighted by atomic mass is 19.1. The molecule has 4 aliphatic rings. The Bertz CT molecular complexity index is 330. The molecule has 2 saturated carbocycles. The normalized spacial score (nSPS) is 55.2. The van der Waals surface area contributed by atoms with Gasteiger partial charge >= 0.3 is 0 Å². The number of alkyl halides is 1. The minimum Gasteiger partial charge on any atom is -0.394 e. The zero-order valence-electron chi connectivity index (χ0n) is 9.01. The first-order valence-corrected chi connectivity index (χ1v) is 6.17. The maximum Gasteiger partial charge on any atom is 0.108 e. The Balaban J connectivity index is 1.73. The molecule has 15 heavy (non-hydrogen) atoms. The molecule has 2 aliphatic heterocycles. The zero-order valence-corrected chi connectivity index (χ0v) is 9.01. The summed E-state index contributed by atoms with van der Waals surface area (Å²) in [6, 6.07) is 0. The molecule has 0 aromatic rings. The van der Waals surface area contributed by atoms with Crippen molar-refractivity contribution in [2.75, 3.05) is 19.7 Å². The molecule has 0 bridgehead atoms. The van der Waals surface area contributed by atoms with Gasteiger partial charge in [-0.15, -0.1) is 0 Å². The highest BCUT2D eigenvalue weighted by Crippen LogP contribution is 2.72. The number of fused-ring (bicyclic) bond motifs is 2. The van der Waals surface area contributed by atoms with E-state index in [4.69, 9.17) is 0 Å².